The molecule has 0 aliphatic carbocycles. The van der Waals surface area contributed by atoms with Gasteiger partial charge in [0.2, 0.25) is 0 Å². The number of benzene rings is 2. The van der Waals surface area contributed by atoms with E-state index in [0.717, 1.165) is 17.7 Å². The third-order valence-corrected chi connectivity index (χ3v) is 7.42. The van der Waals surface area contributed by atoms with E-state index in [2.05, 4.69) is 21.7 Å². The second-order valence-corrected chi connectivity index (χ2v) is 11.7. The molecule has 1 N–H and O–H groups in total. The van der Waals surface area contributed by atoms with Gasteiger partial charge in [-0.25, -0.2) is 23.4 Å². The molecule has 230 valence electrons. The molecule has 1 unspecified atom stereocenters. The Morgan fingerprint density at radius 3 is 2.48 bits per heavy atom. The van der Waals surface area contributed by atoms with Gasteiger partial charge in [-0.2, -0.15) is 4.98 Å². The molecule has 2 atom stereocenters. The molecular weight excluding hydrogens is 570 g/mol. The van der Waals surface area contributed by atoms with Gasteiger partial charge in [-0.05, 0) is 58.2 Å². The average Bonchev–Trinajstić information content (AvgIpc) is 2.96. The molecule has 10 nitrogen and oxygen atoms in total. The number of fused-ring (bicyclic) bond motifs is 1. The van der Waals surface area contributed by atoms with E-state index in [1.807, 2.05) is 42.2 Å². The Kier molecular flexibility index (Phi) is 8.36. The van der Waals surface area contributed by atoms with Crippen LogP contribution in [0.2, 0.25) is 0 Å². The molecule has 3 heterocycles. The molecule has 4 aromatic rings. The van der Waals surface area contributed by atoms with E-state index in [4.69, 9.17) is 4.74 Å². The number of nitrogens with zero attached hydrogens (tertiary/aromatic N) is 6. The van der Waals surface area contributed by atoms with Crippen molar-refractivity contribution in [2.24, 2.45) is 4.99 Å². The lowest BCUT2D eigenvalue weighted by Gasteiger charge is -2.41. The van der Waals surface area contributed by atoms with Crippen molar-refractivity contribution in [3.05, 3.63) is 82.3 Å². The third kappa shape index (κ3) is 6.10. The average molecular weight is 605 g/mol. The Labute approximate surface area is 253 Å². The molecule has 2 aromatic carbocycles. The van der Waals surface area contributed by atoms with E-state index in [-0.39, 0.29) is 49.1 Å². The van der Waals surface area contributed by atoms with E-state index in [1.165, 1.54) is 16.7 Å². The summed E-state index contributed by atoms with van der Waals surface area (Å²) in [7, 11) is 0. The summed E-state index contributed by atoms with van der Waals surface area (Å²) < 4.78 is 37.5. The summed E-state index contributed by atoms with van der Waals surface area (Å²) in [4.78, 5) is 42.8. The summed E-state index contributed by atoms with van der Waals surface area (Å²) in [5, 5.41) is 10.6. The van der Waals surface area contributed by atoms with Crippen molar-refractivity contribution >= 4 is 29.7 Å². The van der Waals surface area contributed by atoms with E-state index >= 15 is 4.39 Å². The van der Waals surface area contributed by atoms with Crippen LogP contribution in [-0.2, 0) is 11.3 Å². The van der Waals surface area contributed by atoms with Crippen molar-refractivity contribution in [1.29, 1.82) is 0 Å². The zero-order valence-electron chi connectivity index (χ0n) is 25.0. The van der Waals surface area contributed by atoms with Crippen LogP contribution in [0.15, 0.2) is 64.4 Å². The molecule has 1 aliphatic rings. The fourth-order valence-electron chi connectivity index (χ4n) is 5.34. The molecule has 2 aromatic heterocycles. The Hall–Kier alpha value is -4.87. The number of halogens is 2. The minimum absolute atomic E-state index is 0.0283. The number of carbonyl (C=O) groups is 1. The summed E-state index contributed by atoms with van der Waals surface area (Å²) in [5.74, 6) is -2.11. The van der Waals surface area contributed by atoms with Gasteiger partial charge < -0.3 is 19.6 Å². The molecule has 44 heavy (non-hydrogen) atoms. The maximum Gasteiger partial charge on any atom is 0.410 e. The quantitative estimate of drug-likeness (QED) is 0.296. The third-order valence-electron chi connectivity index (χ3n) is 7.42. The van der Waals surface area contributed by atoms with Crippen molar-refractivity contribution in [1.82, 2.24) is 19.4 Å². The highest BCUT2D eigenvalue weighted by atomic mass is 19.1. The molecule has 0 radical (unpaired) electrons. The largest absolute Gasteiger partial charge is 0.507 e. The molecule has 0 spiro atoms. The SMILES string of the molecule is C=NC(Cn1c(=O)nc(N2CCN(C(=O)OC(C)(C)C)C[C@@H]2C)c2cc(F)c(-c3c(O)cccc3F)nc21)c1ccccc1. The Morgan fingerprint density at radius 1 is 1.11 bits per heavy atom. The van der Waals surface area contributed by atoms with Crippen LogP contribution in [0.4, 0.5) is 19.4 Å². The van der Waals surface area contributed by atoms with E-state index in [9.17, 15) is 19.1 Å². The number of ether oxygens (including phenoxy) is 1. The van der Waals surface area contributed by atoms with Crippen molar-refractivity contribution in [3.63, 3.8) is 0 Å². The number of aliphatic imine (C=N–C) groups is 1. The second-order valence-electron chi connectivity index (χ2n) is 11.7. The predicted molar refractivity (Wildman–Crippen MR) is 164 cm³/mol. The lowest BCUT2D eigenvalue weighted by atomic mass is 10.1. The molecule has 5 rings (SSSR count). The maximum absolute atomic E-state index is 15.8. The van der Waals surface area contributed by atoms with Crippen molar-refractivity contribution in [3.8, 4) is 17.0 Å². The lowest BCUT2D eigenvalue weighted by Crippen LogP contribution is -2.55. The number of rotatable bonds is 6. The Balaban J connectivity index is 1.64. The van der Waals surface area contributed by atoms with Crippen molar-refractivity contribution in [2.75, 3.05) is 24.5 Å². The zero-order valence-corrected chi connectivity index (χ0v) is 25.0. The number of aromatic nitrogens is 3. The summed E-state index contributed by atoms with van der Waals surface area (Å²) in [6, 6.07) is 13.1. The number of pyridine rings is 1. The van der Waals surface area contributed by atoms with E-state index in [0.29, 0.717) is 0 Å². The van der Waals surface area contributed by atoms with Gasteiger partial charge >= 0.3 is 11.8 Å². The first-order valence-electron chi connectivity index (χ1n) is 14.2. The zero-order chi connectivity index (χ0) is 31.8. The van der Waals surface area contributed by atoms with E-state index in [1.54, 1.807) is 25.7 Å². The molecule has 0 saturated carbocycles. The summed E-state index contributed by atoms with van der Waals surface area (Å²) in [6.45, 7) is 11.7. The van der Waals surface area contributed by atoms with Crippen LogP contribution in [0.3, 0.4) is 0 Å². The Morgan fingerprint density at radius 2 is 1.84 bits per heavy atom. The minimum Gasteiger partial charge on any atom is -0.507 e. The predicted octanol–water partition coefficient (Wildman–Crippen LogP) is 5.33. The Bertz CT molecular complexity index is 1750. The summed E-state index contributed by atoms with van der Waals surface area (Å²) >= 11 is 0. The van der Waals surface area contributed by atoms with Crippen LogP contribution in [0.1, 0.15) is 39.3 Å². The van der Waals surface area contributed by atoms with Gasteiger partial charge in [0.25, 0.3) is 0 Å². The molecule has 12 heteroatoms. The maximum atomic E-state index is 15.8. The number of amides is 1. The van der Waals surface area contributed by atoms with Gasteiger partial charge in [-0.15, -0.1) is 0 Å². The topological polar surface area (TPSA) is 113 Å². The van der Waals surface area contributed by atoms with Crippen molar-refractivity contribution < 1.29 is 23.4 Å². The van der Waals surface area contributed by atoms with Gasteiger partial charge in [0.1, 0.15) is 34.3 Å². The van der Waals surface area contributed by atoms with Crippen molar-refractivity contribution in [2.45, 2.75) is 51.9 Å². The molecule has 1 amide bonds. The van der Waals surface area contributed by atoms with E-state index < -0.39 is 52.1 Å². The highest BCUT2D eigenvalue weighted by Gasteiger charge is 2.33. The number of hydrogen-bond acceptors (Lipinski definition) is 8. The van der Waals surface area contributed by atoms with Crippen LogP contribution >= 0.6 is 0 Å². The number of carbonyl (C=O) groups excluding carboxylic acids is 1. The highest BCUT2D eigenvalue weighted by Crippen LogP contribution is 2.36. The van der Waals surface area contributed by atoms with Crippen LogP contribution < -0.4 is 10.6 Å². The first-order chi connectivity index (χ1) is 20.9. The summed E-state index contributed by atoms with van der Waals surface area (Å²) in [5.41, 5.74) is -1.40. The number of anilines is 1. The number of hydrogen-bond donors (Lipinski definition) is 1. The first-order valence-corrected chi connectivity index (χ1v) is 14.2. The van der Waals surface area contributed by atoms with Crippen LogP contribution in [0.5, 0.6) is 5.75 Å². The monoisotopic (exact) mass is 604 g/mol. The van der Waals surface area contributed by atoms with Gasteiger partial charge in [0.05, 0.1) is 23.5 Å². The fraction of sp³-hybridized carbons (Fsp3) is 0.344. The molecule has 1 fully saturated rings. The number of phenolic OH excluding ortho intramolecular Hbond substituents is 1. The molecule has 1 aliphatic heterocycles. The van der Waals surface area contributed by atoms with Crippen LogP contribution in [0.25, 0.3) is 22.3 Å². The summed E-state index contributed by atoms with van der Waals surface area (Å²) in [6.07, 6.45) is -0.455. The smallest absolute Gasteiger partial charge is 0.410 e. The van der Waals surface area contributed by atoms with Gasteiger partial charge in [-0.3, -0.25) is 9.56 Å². The van der Waals surface area contributed by atoms with Crippen LogP contribution in [-0.4, -0.2) is 68.6 Å². The van der Waals surface area contributed by atoms with Gasteiger partial charge in [0, 0.05) is 25.7 Å². The molecule has 1 saturated heterocycles. The first kappa shape index (κ1) is 30.6. The molecule has 0 bridgehead atoms. The highest BCUT2D eigenvalue weighted by molar-refractivity contribution is 5.90. The normalized spacial score (nSPS) is 16.2. The standard InChI is InChI=1S/C32H34F2N6O4/c1-19-17-38(31(43)44-32(2,3)4)14-15-39(19)29-21-16-23(34)27(26-22(33)12-9-13-25(26)41)36-28(21)40(30(42)37-29)18-24(35-5)20-10-7-6-8-11-20/h6-13,16,19,24,41H,5,14-15,17-18H2,1-4H3/t19-,24?/m0/s1. The number of phenols is 1. The second kappa shape index (κ2) is 12.0. The lowest BCUT2D eigenvalue weighted by molar-refractivity contribution is 0.0218. The van der Waals surface area contributed by atoms with Crippen LogP contribution in [0, 0.1) is 11.6 Å². The van der Waals surface area contributed by atoms with Gasteiger partial charge in [0.15, 0.2) is 5.82 Å². The number of piperazine rings is 1. The minimum atomic E-state index is -0.910. The van der Waals surface area contributed by atoms with Gasteiger partial charge in [-0.1, -0.05) is 36.4 Å². The number of aromatic hydroxyl groups is 1. The molecular formula is C32H34F2N6O4. The fourth-order valence-corrected chi connectivity index (χ4v) is 5.34.